The number of benzene rings is 1. The van der Waals surface area contributed by atoms with E-state index in [1.165, 1.54) is 11.1 Å². The van der Waals surface area contributed by atoms with E-state index in [2.05, 4.69) is 29.3 Å². The zero-order valence-corrected chi connectivity index (χ0v) is 8.83. The molecule has 0 spiro atoms. The summed E-state index contributed by atoms with van der Waals surface area (Å²) in [6.45, 7) is 0.898. The molecule has 2 heterocycles. The van der Waals surface area contributed by atoms with Crippen LogP contribution in [0.1, 0.15) is 11.1 Å². The molecule has 1 aromatic rings. The summed E-state index contributed by atoms with van der Waals surface area (Å²) < 4.78 is 0. The number of nitrogens with zero attached hydrogens (tertiary/aromatic N) is 1. The molecule has 2 heteroatoms. The number of fused-ring (bicyclic) bond motifs is 2. The largest absolute Gasteiger partial charge is 0.303 e. The fourth-order valence-electron chi connectivity index (χ4n) is 1.88. The molecule has 2 aliphatic heterocycles. The van der Waals surface area contributed by atoms with E-state index in [9.17, 15) is 0 Å². The minimum atomic E-state index is 0.786. The van der Waals surface area contributed by atoms with Gasteiger partial charge in [-0.2, -0.15) is 0 Å². The Morgan fingerprint density at radius 2 is 2.27 bits per heavy atom. The van der Waals surface area contributed by atoms with Crippen LogP contribution in [0, 0.1) is 6.08 Å². The van der Waals surface area contributed by atoms with Crippen molar-refractivity contribution in [1.29, 1.82) is 0 Å². The highest BCUT2D eigenvalue weighted by atomic mass is 35.5. The SMILES string of the molecule is Clc1ccc2c(c1)C=C1[C+]=CC=CN1C2. The van der Waals surface area contributed by atoms with E-state index in [1.807, 2.05) is 24.3 Å². The summed E-state index contributed by atoms with van der Waals surface area (Å²) in [6, 6.07) is 6.02. The van der Waals surface area contributed by atoms with Crippen molar-refractivity contribution in [3.8, 4) is 0 Å². The van der Waals surface area contributed by atoms with Gasteiger partial charge in [0.2, 0.25) is 5.70 Å². The molecule has 0 fully saturated rings. The summed E-state index contributed by atoms with van der Waals surface area (Å²) in [5, 5.41) is 0.786. The highest BCUT2D eigenvalue weighted by Crippen LogP contribution is 2.28. The van der Waals surface area contributed by atoms with Crippen LogP contribution in [-0.4, -0.2) is 4.90 Å². The van der Waals surface area contributed by atoms with Crippen LogP contribution in [0.4, 0.5) is 0 Å². The topological polar surface area (TPSA) is 3.24 Å². The zero-order chi connectivity index (χ0) is 10.3. The molecule has 2 aliphatic rings. The van der Waals surface area contributed by atoms with Crippen LogP contribution in [0.2, 0.25) is 5.02 Å². The Labute approximate surface area is 94.0 Å². The van der Waals surface area contributed by atoms with Crippen LogP contribution in [0.15, 0.2) is 42.2 Å². The first kappa shape index (κ1) is 8.72. The molecule has 0 saturated carbocycles. The van der Waals surface area contributed by atoms with Gasteiger partial charge in [0.1, 0.15) is 6.08 Å². The summed E-state index contributed by atoms with van der Waals surface area (Å²) in [4.78, 5) is 2.18. The van der Waals surface area contributed by atoms with Gasteiger partial charge in [-0.15, -0.1) is 0 Å². The molecule has 0 radical (unpaired) electrons. The molecule has 0 bridgehead atoms. The molecule has 1 aromatic carbocycles. The Bertz CT molecular complexity index is 497. The predicted octanol–water partition coefficient (Wildman–Crippen LogP) is 3.38. The van der Waals surface area contributed by atoms with Crippen molar-refractivity contribution in [1.82, 2.24) is 4.90 Å². The van der Waals surface area contributed by atoms with Crippen molar-refractivity contribution >= 4 is 17.7 Å². The fourth-order valence-corrected chi connectivity index (χ4v) is 2.06. The molecule has 15 heavy (non-hydrogen) atoms. The molecular formula is C13H9ClN+. The van der Waals surface area contributed by atoms with Crippen LogP contribution < -0.4 is 0 Å². The zero-order valence-electron chi connectivity index (χ0n) is 8.07. The number of halogens is 1. The second-order valence-corrected chi connectivity index (χ2v) is 4.09. The van der Waals surface area contributed by atoms with E-state index in [1.54, 1.807) is 0 Å². The van der Waals surface area contributed by atoms with Gasteiger partial charge in [0.25, 0.3) is 0 Å². The second kappa shape index (κ2) is 3.23. The number of allylic oxidation sites excluding steroid dienone is 3. The first-order valence-corrected chi connectivity index (χ1v) is 5.24. The average Bonchev–Trinajstić information content (AvgIpc) is 2.26. The van der Waals surface area contributed by atoms with Crippen LogP contribution in [0.5, 0.6) is 0 Å². The predicted molar refractivity (Wildman–Crippen MR) is 61.9 cm³/mol. The quantitative estimate of drug-likeness (QED) is 0.599. The maximum absolute atomic E-state index is 5.97. The van der Waals surface area contributed by atoms with Gasteiger partial charge in [0.15, 0.2) is 0 Å². The Morgan fingerprint density at radius 1 is 1.33 bits per heavy atom. The Morgan fingerprint density at radius 3 is 3.20 bits per heavy atom. The van der Waals surface area contributed by atoms with Crippen molar-refractivity contribution in [3.05, 3.63) is 64.5 Å². The van der Waals surface area contributed by atoms with Crippen molar-refractivity contribution in [3.63, 3.8) is 0 Å². The van der Waals surface area contributed by atoms with E-state index in [4.69, 9.17) is 11.6 Å². The maximum Gasteiger partial charge on any atom is 0.210 e. The van der Waals surface area contributed by atoms with E-state index in [-0.39, 0.29) is 0 Å². The molecule has 0 unspecified atom stereocenters. The lowest BCUT2D eigenvalue weighted by Gasteiger charge is -2.22. The lowest BCUT2D eigenvalue weighted by atomic mass is 10.0. The molecule has 0 atom stereocenters. The van der Waals surface area contributed by atoms with Crippen LogP contribution in [0.3, 0.4) is 0 Å². The Hall–Kier alpha value is -1.56. The third-order valence-electron chi connectivity index (χ3n) is 2.64. The summed E-state index contributed by atoms with van der Waals surface area (Å²) in [5.41, 5.74) is 3.61. The number of hydrogen-bond acceptors (Lipinski definition) is 1. The monoisotopic (exact) mass is 214 g/mol. The Balaban J connectivity index is 2.12. The van der Waals surface area contributed by atoms with Gasteiger partial charge in [-0.3, -0.25) is 0 Å². The van der Waals surface area contributed by atoms with Gasteiger partial charge < -0.3 is 4.90 Å². The molecule has 3 rings (SSSR count). The standard InChI is InChI=1S/C13H9ClN/c14-12-5-4-10-9-15-6-2-1-3-13(15)8-11(10)7-12/h1-2,4-8H,9H2/q+1. The molecule has 0 amide bonds. The van der Waals surface area contributed by atoms with E-state index in [0.717, 1.165) is 17.3 Å². The van der Waals surface area contributed by atoms with Gasteiger partial charge >= 0.3 is 0 Å². The highest BCUT2D eigenvalue weighted by Gasteiger charge is 2.22. The van der Waals surface area contributed by atoms with Gasteiger partial charge in [-0.25, -0.2) is 0 Å². The lowest BCUT2D eigenvalue weighted by molar-refractivity contribution is 0.463. The molecule has 72 valence electrons. The normalized spacial score (nSPS) is 16.6. The summed E-state index contributed by atoms with van der Waals surface area (Å²) in [6.07, 6.45) is 11.3. The number of rotatable bonds is 0. The van der Waals surface area contributed by atoms with Gasteiger partial charge in [0, 0.05) is 10.6 Å². The molecule has 0 N–H and O–H groups in total. The first-order chi connectivity index (χ1) is 7.33. The van der Waals surface area contributed by atoms with Crippen molar-refractivity contribution in [2.24, 2.45) is 0 Å². The minimum absolute atomic E-state index is 0.786. The molecule has 0 aromatic heterocycles. The summed E-state index contributed by atoms with van der Waals surface area (Å²) in [5.74, 6) is 0. The second-order valence-electron chi connectivity index (χ2n) is 3.65. The molecular weight excluding hydrogens is 206 g/mol. The van der Waals surface area contributed by atoms with Crippen molar-refractivity contribution in [2.75, 3.05) is 0 Å². The number of hydrogen-bond donors (Lipinski definition) is 0. The lowest BCUT2D eigenvalue weighted by Crippen LogP contribution is -2.20. The van der Waals surface area contributed by atoms with E-state index >= 15 is 0 Å². The molecule has 0 saturated heterocycles. The highest BCUT2D eigenvalue weighted by molar-refractivity contribution is 6.30. The summed E-state index contributed by atoms with van der Waals surface area (Å²) in [7, 11) is 0. The van der Waals surface area contributed by atoms with Gasteiger partial charge in [0.05, 0.1) is 31.0 Å². The van der Waals surface area contributed by atoms with Crippen LogP contribution >= 0.6 is 11.6 Å². The van der Waals surface area contributed by atoms with Gasteiger partial charge in [-0.1, -0.05) is 17.7 Å². The van der Waals surface area contributed by atoms with Crippen molar-refractivity contribution in [2.45, 2.75) is 6.54 Å². The maximum atomic E-state index is 5.97. The summed E-state index contributed by atoms with van der Waals surface area (Å²) >= 11 is 5.97. The minimum Gasteiger partial charge on any atom is -0.303 e. The smallest absolute Gasteiger partial charge is 0.210 e. The van der Waals surface area contributed by atoms with E-state index < -0.39 is 0 Å². The van der Waals surface area contributed by atoms with Crippen LogP contribution in [-0.2, 0) is 6.54 Å². The van der Waals surface area contributed by atoms with E-state index in [0.29, 0.717) is 0 Å². The first-order valence-electron chi connectivity index (χ1n) is 4.86. The Kier molecular flexibility index (Phi) is 1.88. The third kappa shape index (κ3) is 1.46. The molecule has 1 nitrogen and oxygen atoms in total. The van der Waals surface area contributed by atoms with Gasteiger partial charge in [-0.05, 0) is 17.7 Å². The fraction of sp³-hybridized carbons (Fsp3) is 0.0769. The third-order valence-corrected chi connectivity index (χ3v) is 2.88. The average molecular weight is 215 g/mol. The van der Waals surface area contributed by atoms with Crippen molar-refractivity contribution < 1.29 is 0 Å². The van der Waals surface area contributed by atoms with Crippen LogP contribution in [0.25, 0.3) is 6.08 Å². The molecule has 0 aliphatic carbocycles.